The molecule has 0 amide bonds. The monoisotopic (exact) mass is 1040 g/mol. The summed E-state index contributed by atoms with van der Waals surface area (Å²) in [6, 6.07) is 5.53. The zero-order valence-electron chi connectivity index (χ0n) is 46.2. The number of aryl methyl sites for hydroxylation is 1. The van der Waals surface area contributed by atoms with E-state index >= 15 is 9.59 Å². The molecule has 0 radical (unpaired) electrons. The molecule has 16 aliphatic rings. The van der Waals surface area contributed by atoms with Crippen LogP contribution in [0.25, 0.3) is 0 Å². The van der Waals surface area contributed by atoms with Crippen LogP contribution in [-0.2, 0) is 32.7 Å². The number of carbonyl (C=O) groups excluding carboxylic acids is 2. The number of rotatable bonds is 5. The Morgan fingerprint density at radius 1 is 0.831 bits per heavy atom. The lowest BCUT2D eigenvalue weighted by molar-refractivity contribution is -0.283. The number of hydrogen-bond donors (Lipinski definition) is 2. The van der Waals surface area contributed by atoms with E-state index in [-0.39, 0.29) is 53.5 Å². The minimum absolute atomic E-state index is 0.0857. The van der Waals surface area contributed by atoms with Gasteiger partial charge in [0.05, 0.1) is 11.0 Å². The summed E-state index contributed by atoms with van der Waals surface area (Å²) in [4.78, 5) is 39.0. The first kappa shape index (κ1) is 46.9. The van der Waals surface area contributed by atoms with Crippen molar-refractivity contribution < 1.29 is 24.2 Å². The standard InChI is InChI=1S/C69H85N3O5/c1-38-29-45-20-21-51-46-30-47-37-71(51)59(45)56-49-22-27-67-62-61(73)55-43(32-52(47)72(36-46)60(55)48-34-65(23-5-6-24-65)66(35-48)25-7-8-26-66)14-9-13-41-17-16-40(15-10-28-70)54-58(41)69(67,77-63(54)74)53-33-42(39-11-3-2-4-12-39)18-19-44(31-50(38)56)57(49)68(53,67)64(75)76-62/h16-19,38-39,42-44,46-48,50-53,55-56,60,73H,2-8,10-13,15,20-37,70H2,1H3. The highest BCUT2D eigenvalue weighted by Crippen LogP contribution is 2.89. The summed E-state index contributed by atoms with van der Waals surface area (Å²) >= 11 is 0. The Balaban J connectivity index is 0.956. The third-order valence-corrected chi connectivity index (χ3v) is 27.9. The molecule has 4 saturated heterocycles. The van der Waals surface area contributed by atoms with Gasteiger partial charge in [-0.05, 0) is 203 Å². The number of carbonyl (C=O) groups is 2. The molecule has 16 unspecified atom stereocenters. The predicted molar refractivity (Wildman–Crippen MR) is 294 cm³/mol. The van der Waals surface area contributed by atoms with Crippen LogP contribution < -0.4 is 5.73 Å². The fourth-order valence-corrected chi connectivity index (χ4v) is 25.7. The van der Waals surface area contributed by atoms with Crippen molar-refractivity contribution in [2.45, 2.75) is 204 Å². The third-order valence-electron chi connectivity index (χ3n) is 27.9. The largest absolute Gasteiger partial charge is 0.508 e. The van der Waals surface area contributed by atoms with E-state index in [0.29, 0.717) is 101 Å². The van der Waals surface area contributed by atoms with Crippen molar-refractivity contribution in [2.75, 3.05) is 19.6 Å². The summed E-state index contributed by atoms with van der Waals surface area (Å²) < 4.78 is 15.2. The average Bonchev–Trinajstić information content (AvgIpc) is 2.10. The number of nitrogens with zero attached hydrogens (tertiary/aromatic N) is 2. The molecular formula is C69H85N3O5. The second-order valence-corrected chi connectivity index (χ2v) is 30.1. The van der Waals surface area contributed by atoms with Crippen LogP contribution in [0.2, 0.25) is 0 Å². The van der Waals surface area contributed by atoms with Gasteiger partial charge in [0.15, 0.2) is 11.4 Å². The van der Waals surface area contributed by atoms with Gasteiger partial charge in [-0.15, -0.1) is 0 Å². The SMILES string of the molecule is CC1CC2=C3C4C5=C6C(C=CC(C7CCCCC7)CC7C68C(=O)OC6=C(O)C9C(C#CCc%10ccc(CCCN)c%11c%10C7(OC%11=O)C68CC5)CC5C6CC(CN5C9C5CC7(CCCC7)C7(CCCC7)C5)C(CC2)N3C6)CC14. The molecular weight excluding hydrogens is 951 g/mol. The van der Waals surface area contributed by atoms with E-state index in [1.807, 2.05) is 0 Å². The maximum atomic E-state index is 17.0. The fourth-order valence-electron chi connectivity index (χ4n) is 25.7. The van der Waals surface area contributed by atoms with Crippen LogP contribution in [0, 0.1) is 105 Å². The molecule has 8 heteroatoms. The van der Waals surface area contributed by atoms with Crippen LogP contribution in [0.3, 0.4) is 0 Å². The van der Waals surface area contributed by atoms with Gasteiger partial charge in [0.1, 0.15) is 11.2 Å². The van der Waals surface area contributed by atoms with Gasteiger partial charge in [0.2, 0.25) is 0 Å². The number of aliphatic hydroxyl groups is 1. The number of benzene rings is 1. The van der Waals surface area contributed by atoms with Gasteiger partial charge in [-0.25, -0.2) is 4.79 Å². The smallest absolute Gasteiger partial charge is 0.339 e. The third kappa shape index (κ3) is 5.46. The highest BCUT2D eigenvalue weighted by molar-refractivity contribution is 6.01. The second-order valence-electron chi connectivity index (χ2n) is 30.1. The average molecular weight is 1040 g/mol. The van der Waals surface area contributed by atoms with E-state index in [0.717, 1.165) is 61.9 Å². The van der Waals surface area contributed by atoms with Gasteiger partial charge in [-0.1, -0.05) is 99.1 Å². The van der Waals surface area contributed by atoms with Crippen molar-refractivity contribution in [3.63, 3.8) is 0 Å². The molecule has 77 heavy (non-hydrogen) atoms. The molecule has 2 bridgehead atoms. The number of aliphatic hydroxyl groups excluding tert-OH is 1. The first-order valence-electron chi connectivity index (χ1n) is 32.5. The van der Waals surface area contributed by atoms with Crippen molar-refractivity contribution in [1.82, 2.24) is 9.80 Å². The minimum Gasteiger partial charge on any atom is -0.508 e. The molecule has 3 N–H and O–H groups in total. The first-order chi connectivity index (χ1) is 37.6. The lowest BCUT2D eigenvalue weighted by Gasteiger charge is -2.73. The summed E-state index contributed by atoms with van der Waals surface area (Å²) in [5.74, 6) is 11.6. The lowest BCUT2D eigenvalue weighted by atomic mass is 9.27. The van der Waals surface area contributed by atoms with E-state index in [2.05, 4.69) is 52.8 Å². The fraction of sp³-hybridized carbons (Fsp3) is 0.739. The number of nitrogens with two attached hydrogens (primary N) is 1. The van der Waals surface area contributed by atoms with Crippen molar-refractivity contribution >= 4 is 11.9 Å². The highest BCUT2D eigenvalue weighted by Gasteiger charge is 2.94. The molecule has 5 spiro atoms. The molecule has 1 aromatic carbocycles. The summed E-state index contributed by atoms with van der Waals surface area (Å²) in [5.41, 5.74) is 13.8. The quantitative estimate of drug-likeness (QED) is 0.171. The lowest BCUT2D eigenvalue weighted by Crippen LogP contribution is -2.78. The number of esters is 2. The number of hydrogen-bond acceptors (Lipinski definition) is 8. The Morgan fingerprint density at radius 2 is 1.62 bits per heavy atom. The second kappa shape index (κ2) is 16.0. The van der Waals surface area contributed by atoms with E-state index < -0.39 is 16.4 Å². The maximum Gasteiger partial charge on any atom is 0.339 e. The van der Waals surface area contributed by atoms with Gasteiger partial charge >= 0.3 is 11.9 Å². The number of fused-ring (bicyclic) bond motifs is 12. The molecule has 6 aliphatic heterocycles. The Morgan fingerprint density at radius 3 is 2.42 bits per heavy atom. The van der Waals surface area contributed by atoms with Gasteiger partial charge in [-0.2, -0.15) is 0 Å². The van der Waals surface area contributed by atoms with E-state index in [4.69, 9.17) is 15.2 Å². The molecule has 406 valence electrons. The van der Waals surface area contributed by atoms with Crippen LogP contribution in [0.1, 0.15) is 194 Å². The van der Waals surface area contributed by atoms with Crippen molar-refractivity contribution in [1.29, 1.82) is 0 Å². The van der Waals surface area contributed by atoms with E-state index in [9.17, 15) is 5.11 Å². The molecule has 17 rings (SSSR count). The van der Waals surface area contributed by atoms with Crippen LogP contribution in [0.15, 0.2) is 58.2 Å². The normalized spacial score (nSPS) is 45.7. The van der Waals surface area contributed by atoms with Crippen LogP contribution in [0.4, 0.5) is 0 Å². The van der Waals surface area contributed by atoms with Crippen molar-refractivity contribution in [3.8, 4) is 11.8 Å². The van der Waals surface area contributed by atoms with E-state index in [1.54, 1.807) is 16.8 Å². The zero-order valence-corrected chi connectivity index (χ0v) is 46.2. The van der Waals surface area contributed by atoms with Gasteiger partial charge in [0.25, 0.3) is 0 Å². The first-order valence-corrected chi connectivity index (χ1v) is 32.5. The van der Waals surface area contributed by atoms with Gasteiger partial charge in [0, 0.05) is 72.6 Å². The minimum atomic E-state index is -1.19. The molecule has 8 nitrogen and oxygen atoms in total. The van der Waals surface area contributed by atoms with Crippen molar-refractivity contribution in [2.24, 2.45) is 98.4 Å². The molecule has 16 atom stereocenters. The zero-order chi connectivity index (χ0) is 51.1. The number of piperidine rings is 3. The molecule has 6 heterocycles. The summed E-state index contributed by atoms with van der Waals surface area (Å²) in [6.45, 7) is 5.36. The maximum absolute atomic E-state index is 17.0. The Kier molecular flexibility index (Phi) is 9.75. The van der Waals surface area contributed by atoms with Crippen LogP contribution >= 0.6 is 0 Å². The number of ether oxygens (including phenoxy) is 2. The topological polar surface area (TPSA) is 105 Å². The number of allylic oxidation sites excluding steroid dienone is 4. The Labute approximate surface area is 458 Å². The molecule has 9 fully saturated rings. The van der Waals surface area contributed by atoms with E-state index in [1.165, 1.54) is 128 Å². The molecule has 5 saturated carbocycles. The molecule has 10 aliphatic carbocycles. The Hall–Kier alpha value is -3.80. The summed E-state index contributed by atoms with van der Waals surface area (Å²) in [6.07, 6.45) is 36.1. The van der Waals surface area contributed by atoms with Crippen molar-refractivity contribution in [3.05, 3.63) is 80.5 Å². The predicted octanol–water partition coefficient (Wildman–Crippen LogP) is 12.6. The van der Waals surface area contributed by atoms with Gasteiger partial charge in [-0.3, -0.25) is 9.69 Å². The Bertz CT molecular complexity index is 2980. The molecule has 1 aromatic rings. The van der Waals surface area contributed by atoms with Crippen LogP contribution in [0.5, 0.6) is 0 Å². The summed E-state index contributed by atoms with van der Waals surface area (Å²) in [7, 11) is 0. The molecule has 0 aromatic heterocycles. The highest BCUT2D eigenvalue weighted by atomic mass is 16.6. The van der Waals surface area contributed by atoms with Crippen LogP contribution in [-0.4, -0.2) is 64.6 Å². The van der Waals surface area contributed by atoms with Gasteiger partial charge < -0.3 is 25.2 Å². The summed E-state index contributed by atoms with van der Waals surface area (Å²) in [5, 5.41) is 14.7.